The van der Waals surface area contributed by atoms with Crippen LogP contribution in [0.25, 0.3) is 10.8 Å². The van der Waals surface area contributed by atoms with Gasteiger partial charge in [0, 0.05) is 11.8 Å². The molecule has 5 atom stereocenters. The highest BCUT2D eigenvalue weighted by Gasteiger charge is 2.68. The summed E-state index contributed by atoms with van der Waals surface area (Å²) in [5.74, 6) is 0. The summed E-state index contributed by atoms with van der Waals surface area (Å²) in [6.45, 7) is 10.9. The zero-order valence-corrected chi connectivity index (χ0v) is 29.0. The van der Waals surface area contributed by atoms with E-state index in [1.165, 1.54) is 10.8 Å². The Kier molecular flexibility index (Phi) is 8.38. The average molecular weight is 663 g/mol. The molecular formula is C39H42N2O6Si. The van der Waals surface area contributed by atoms with Gasteiger partial charge in [0.15, 0.2) is 6.23 Å². The van der Waals surface area contributed by atoms with Gasteiger partial charge in [-0.3, -0.25) is 14.3 Å². The van der Waals surface area contributed by atoms with Crippen LogP contribution < -0.4 is 21.6 Å². The third kappa shape index (κ3) is 5.40. The van der Waals surface area contributed by atoms with Crippen LogP contribution in [0.5, 0.6) is 0 Å². The quantitative estimate of drug-likeness (QED) is 0.218. The minimum Gasteiger partial charge on any atom is -0.404 e. The van der Waals surface area contributed by atoms with Crippen LogP contribution in [0.15, 0.2) is 119 Å². The maximum atomic E-state index is 13.2. The average Bonchev–Trinajstić information content (AvgIpc) is 3.53. The highest BCUT2D eigenvalue weighted by atomic mass is 28.4. The van der Waals surface area contributed by atoms with Gasteiger partial charge in [0.25, 0.3) is 13.9 Å². The number of aryl methyl sites for hydroxylation is 1. The predicted molar refractivity (Wildman–Crippen MR) is 189 cm³/mol. The molecule has 4 aromatic carbocycles. The Labute approximate surface area is 281 Å². The molecule has 3 heterocycles. The maximum Gasteiger partial charge on any atom is 0.330 e. The topological polar surface area (TPSA) is 91.8 Å². The van der Waals surface area contributed by atoms with Crippen LogP contribution in [0.4, 0.5) is 0 Å². The normalized spacial score (nSPS) is 23.9. The first-order chi connectivity index (χ1) is 23.0. The fourth-order valence-corrected chi connectivity index (χ4v) is 12.2. The van der Waals surface area contributed by atoms with Crippen LogP contribution in [0.2, 0.25) is 5.04 Å². The Morgan fingerprint density at radius 1 is 0.875 bits per heavy atom. The van der Waals surface area contributed by atoms with Gasteiger partial charge in [-0.15, -0.1) is 0 Å². The van der Waals surface area contributed by atoms with E-state index in [4.69, 9.17) is 18.6 Å². The number of H-pyrrole nitrogens is 1. The SMILES string of the molecule is Cc1cn([C@@H]2OC3(CO[Si](c4ccccc4)(c4ccccc4)C(C)(C)C)C(OCc4ccc5ccccc5c4)C2O[C@H]3C)c(=O)[nH]c1=O. The van der Waals surface area contributed by atoms with Gasteiger partial charge in [-0.2, -0.15) is 0 Å². The fraction of sp³-hybridized carbons (Fsp3) is 0.333. The standard InChI is InChI=1S/C39H42N2O6Si/c1-26-23-41(37(43)40-35(26)42)36-33-34(44-24-28-20-21-29-14-12-13-15-30(29)22-28)39(47-36,27(2)46-33)25-45-48(38(3,4)5,31-16-8-6-9-17-31)32-18-10-7-11-19-32/h6-23,27,33-34,36H,24-25H2,1-5H3,(H,40,42,43)/t27-,33?,34?,36+,39?/m0/s1. The number of aromatic amines is 1. The Morgan fingerprint density at radius 3 is 2.15 bits per heavy atom. The van der Waals surface area contributed by atoms with Crippen molar-refractivity contribution in [3.63, 3.8) is 0 Å². The van der Waals surface area contributed by atoms with Gasteiger partial charge in [-0.1, -0.05) is 118 Å². The van der Waals surface area contributed by atoms with Crippen LogP contribution in [-0.4, -0.2) is 48.4 Å². The molecule has 248 valence electrons. The Morgan fingerprint density at radius 2 is 1.50 bits per heavy atom. The summed E-state index contributed by atoms with van der Waals surface area (Å²) in [6, 6.07) is 35.5. The summed E-state index contributed by atoms with van der Waals surface area (Å²) in [7, 11) is -2.97. The zero-order chi connectivity index (χ0) is 33.7. The molecule has 2 saturated heterocycles. The number of aromatic nitrogens is 2. The van der Waals surface area contributed by atoms with Crippen molar-refractivity contribution < 1.29 is 18.6 Å². The van der Waals surface area contributed by atoms with E-state index in [0.29, 0.717) is 12.2 Å². The van der Waals surface area contributed by atoms with Crippen molar-refractivity contribution in [2.45, 2.75) is 76.4 Å². The number of nitrogens with one attached hydrogen (secondary N) is 1. The number of nitrogens with zero attached hydrogens (tertiary/aromatic N) is 1. The summed E-state index contributed by atoms with van der Waals surface area (Å²) >= 11 is 0. The molecular weight excluding hydrogens is 621 g/mol. The summed E-state index contributed by atoms with van der Waals surface area (Å²) in [4.78, 5) is 27.9. The highest BCUT2D eigenvalue weighted by Crippen LogP contribution is 2.51. The minimum atomic E-state index is -2.97. The summed E-state index contributed by atoms with van der Waals surface area (Å²) < 4.78 is 29.3. The van der Waals surface area contributed by atoms with Gasteiger partial charge >= 0.3 is 5.69 Å². The number of fused-ring (bicyclic) bond motifs is 3. The molecule has 2 aliphatic heterocycles. The van der Waals surface area contributed by atoms with Crippen molar-refractivity contribution in [1.29, 1.82) is 0 Å². The second-order valence-electron chi connectivity index (χ2n) is 14.0. The Hall–Kier alpha value is -4.12. The van der Waals surface area contributed by atoms with E-state index in [1.807, 2.05) is 31.2 Å². The molecule has 5 aromatic rings. The minimum absolute atomic E-state index is 0.175. The first kappa shape index (κ1) is 32.4. The molecule has 48 heavy (non-hydrogen) atoms. The molecule has 2 aliphatic rings. The lowest BCUT2D eigenvalue weighted by Crippen LogP contribution is -2.68. The van der Waals surface area contributed by atoms with Crippen LogP contribution in [0.3, 0.4) is 0 Å². The van der Waals surface area contributed by atoms with E-state index < -0.39 is 49.7 Å². The van der Waals surface area contributed by atoms with Crippen molar-refractivity contribution in [3.05, 3.63) is 141 Å². The van der Waals surface area contributed by atoms with Gasteiger partial charge in [0.2, 0.25) is 0 Å². The van der Waals surface area contributed by atoms with Gasteiger partial charge < -0.3 is 18.6 Å². The molecule has 0 amide bonds. The largest absolute Gasteiger partial charge is 0.404 e. The van der Waals surface area contributed by atoms with E-state index >= 15 is 0 Å². The van der Waals surface area contributed by atoms with Gasteiger partial charge in [-0.25, -0.2) is 4.79 Å². The molecule has 1 N–H and O–H groups in total. The van der Waals surface area contributed by atoms with E-state index in [0.717, 1.165) is 26.7 Å². The van der Waals surface area contributed by atoms with Gasteiger partial charge in [-0.05, 0) is 51.7 Å². The first-order valence-electron chi connectivity index (χ1n) is 16.5. The lowest BCUT2D eigenvalue weighted by molar-refractivity contribution is -0.218. The van der Waals surface area contributed by atoms with Crippen molar-refractivity contribution >= 4 is 29.5 Å². The lowest BCUT2D eigenvalue weighted by atomic mass is 9.94. The smallest absolute Gasteiger partial charge is 0.330 e. The zero-order valence-electron chi connectivity index (χ0n) is 28.0. The number of benzene rings is 4. The summed E-state index contributed by atoms with van der Waals surface area (Å²) in [5.41, 5.74) is -0.620. The van der Waals surface area contributed by atoms with Gasteiger partial charge in [0.1, 0.15) is 17.8 Å². The molecule has 8 nitrogen and oxygen atoms in total. The van der Waals surface area contributed by atoms with Crippen molar-refractivity contribution in [1.82, 2.24) is 9.55 Å². The molecule has 0 radical (unpaired) electrons. The van der Waals surface area contributed by atoms with Crippen molar-refractivity contribution in [2.75, 3.05) is 6.61 Å². The molecule has 1 aromatic heterocycles. The van der Waals surface area contributed by atoms with E-state index in [1.54, 1.807) is 6.92 Å². The van der Waals surface area contributed by atoms with Crippen LogP contribution in [-0.2, 0) is 25.2 Å². The Balaban J connectivity index is 1.30. The van der Waals surface area contributed by atoms with Crippen LogP contribution in [0, 0.1) is 6.92 Å². The van der Waals surface area contributed by atoms with Crippen molar-refractivity contribution in [2.24, 2.45) is 0 Å². The number of hydrogen-bond acceptors (Lipinski definition) is 6. The number of hydrogen-bond donors (Lipinski definition) is 1. The third-order valence-electron chi connectivity index (χ3n) is 10.0. The highest BCUT2D eigenvalue weighted by molar-refractivity contribution is 6.99. The maximum absolute atomic E-state index is 13.2. The molecule has 0 saturated carbocycles. The second-order valence-corrected chi connectivity index (χ2v) is 18.4. The predicted octanol–water partition coefficient (Wildman–Crippen LogP) is 5.22. The van der Waals surface area contributed by atoms with E-state index in [9.17, 15) is 9.59 Å². The molecule has 0 aliphatic carbocycles. The van der Waals surface area contributed by atoms with Gasteiger partial charge in [0.05, 0.1) is 19.3 Å². The van der Waals surface area contributed by atoms with E-state index in [2.05, 4.69) is 105 Å². The molecule has 7 rings (SSSR count). The van der Waals surface area contributed by atoms with E-state index in [-0.39, 0.29) is 11.6 Å². The number of ether oxygens (including phenoxy) is 3. The summed E-state index contributed by atoms with van der Waals surface area (Å²) in [5, 5.41) is 4.33. The fourth-order valence-electron chi connectivity index (χ4n) is 7.56. The molecule has 3 unspecified atom stereocenters. The van der Waals surface area contributed by atoms with Crippen LogP contribution in [0.1, 0.15) is 45.0 Å². The monoisotopic (exact) mass is 662 g/mol. The first-order valence-corrected chi connectivity index (χ1v) is 18.4. The Bertz CT molecular complexity index is 2000. The lowest BCUT2D eigenvalue weighted by Gasteiger charge is -2.46. The second kappa shape index (κ2) is 12.4. The molecule has 0 spiro atoms. The number of rotatable bonds is 9. The molecule has 2 fully saturated rings. The van der Waals surface area contributed by atoms with Crippen molar-refractivity contribution in [3.8, 4) is 0 Å². The molecule has 2 bridgehead atoms. The summed E-state index contributed by atoms with van der Waals surface area (Å²) in [6.07, 6.45) is -0.878. The third-order valence-corrected chi connectivity index (χ3v) is 15.0. The van der Waals surface area contributed by atoms with Crippen LogP contribution >= 0.6 is 0 Å². The molecule has 9 heteroatoms.